The van der Waals surface area contributed by atoms with Crippen molar-refractivity contribution < 1.29 is 19.4 Å². The van der Waals surface area contributed by atoms with Crippen molar-refractivity contribution in [2.75, 3.05) is 19.7 Å². The van der Waals surface area contributed by atoms with Gasteiger partial charge in [0.25, 0.3) is 0 Å². The van der Waals surface area contributed by atoms with Gasteiger partial charge in [-0.1, -0.05) is 0 Å². The van der Waals surface area contributed by atoms with Crippen LogP contribution < -0.4 is 5.32 Å². The molecule has 17 heavy (non-hydrogen) atoms. The summed E-state index contributed by atoms with van der Waals surface area (Å²) in [5.74, 6) is -0.354. The first kappa shape index (κ1) is 12.2. The fourth-order valence-corrected chi connectivity index (χ4v) is 1.98. The highest BCUT2D eigenvalue weighted by molar-refractivity contribution is 5.90. The third kappa shape index (κ3) is 2.52. The predicted molar refractivity (Wildman–Crippen MR) is 59.3 cm³/mol. The van der Waals surface area contributed by atoms with Gasteiger partial charge in [-0.15, -0.1) is 0 Å². The van der Waals surface area contributed by atoms with Crippen LogP contribution in [0.15, 0.2) is 0 Å². The molecular formula is C11H18N2O4. The van der Waals surface area contributed by atoms with Gasteiger partial charge in [-0.05, 0) is 26.2 Å². The van der Waals surface area contributed by atoms with Gasteiger partial charge in [0.2, 0.25) is 0 Å². The number of hydrogen-bond donors (Lipinski definition) is 2. The van der Waals surface area contributed by atoms with Crippen LogP contribution in [0.4, 0.5) is 4.79 Å². The van der Waals surface area contributed by atoms with E-state index in [4.69, 9.17) is 4.74 Å². The molecule has 6 heteroatoms. The highest BCUT2D eigenvalue weighted by Gasteiger charge is 2.53. The third-order valence-corrected chi connectivity index (χ3v) is 3.21. The molecule has 1 aliphatic heterocycles. The summed E-state index contributed by atoms with van der Waals surface area (Å²) in [6.07, 6.45) is 1.42. The minimum atomic E-state index is -0.805. The number of carbonyl (C=O) groups is 2. The molecule has 1 heterocycles. The lowest BCUT2D eigenvalue weighted by molar-refractivity contribution is -0.146. The van der Waals surface area contributed by atoms with Crippen LogP contribution in [0.25, 0.3) is 0 Å². The molecule has 2 aliphatic rings. The van der Waals surface area contributed by atoms with E-state index >= 15 is 0 Å². The zero-order valence-corrected chi connectivity index (χ0v) is 9.94. The van der Waals surface area contributed by atoms with Crippen LogP contribution >= 0.6 is 0 Å². The first-order valence-electron chi connectivity index (χ1n) is 6.00. The van der Waals surface area contributed by atoms with Gasteiger partial charge in [-0.3, -0.25) is 0 Å². The highest BCUT2D eigenvalue weighted by atomic mass is 16.5. The fourth-order valence-electron chi connectivity index (χ4n) is 1.98. The summed E-state index contributed by atoms with van der Waals surface area (Å²) in [5.41, 5.74) is -0.805. The first-order valence-corrected chi connectivity index (χ1v) is 6.00. The summed E-state index contributed by atoms with van der Waals surface area (Å²) in [7, 11) is 0. The predicted octanol–water partition coefficient (Wildman–Crippen LogP) is -0.142. The maximum atomic E-state index is 11.9. The zero-order chi connectivity index (χ0) is 12.5. The Morgan fingerprint density at radius 1 is 1.53 bits per heavy atom. The van der Waals surface area contributed by atoms with Crippen LogP contribution in [0, 0.1) is 0 Å². The number of urea groups is 1. The number of esters is 1. The molecule has 2 fully saturated rings. The molecule has 0 spiro atoms. The van der Waals surface area contributed by atoms with Gasteiger partial charge >= 0.3 is 12.0 Å². The summed E-state index contributed by atoms with van der Waals surface area (Å²) in [6, 6.07) is -0.285. The normalized spacial score (nSPS) is 25.5. The summed E-state index contributed by atoms with van der Waals surface area (Å²) in [4.78, 5) is 25.0. The topological polar surface area (TPSA) is 78.9 Å². The summed E-state index contributed by atoms with van der Waals surface area (Å²) < 4.78 is 4.93. The molecule has 96 valence electrons. The second kappa shape index (κ2) is 4.52. The van der Waals surface area contributed by atoms with E-state index < -0.39 is 11.6 Å². The van der Waals surface area contributed by atoms with Gasteiger partial charge in [-0.2, -0.15) is 0 Å². The molecular weight excluding hydrogens is 224 g/mol. The molecule has 0 bridgehead atoms. The summed E-state index contributed by atoms with van der Waals surface area (Å²) in [5, 5.41) is 12.1. The van der Waals surface area contributed by atoms with Crippen molar-refractivity contribution in [1.29, 1.82) is 0 Å². The molecule has 0 aromatic heterocycles. The molecule has 2 rings (SSSR count). The maximum absolute atomic E-state index is 11.9. The number of amides is 2. The average Bonchev–Trinajstić information content (AvgIpc) is 2.93. The summed E-state index contributed by atoms with van der Waals surface area (Å²) in [6.45, 7) is 2.93. The Labute approximate surface area is 99.9 Å². The standard InChI is InChI=1S/C11H18N2O4/c1-2-17-9(15)11(4-5-11)12-10(16)13-6-3-8(14)7-13/h8,14H,2-7H2,1H3,(H,12,16)/t8-/m1/s1. The molecule has 0 aromatic carbocycles. The highest BCUT2D eigenvalue weighted by Crippen LogP contribution is 2.37. The number of β-amino-alcohol motifs (C(OH)–C–C–N with tert-alkyl or cyclic N) is 1. The second-order valence-corrected chi connectivity index (χ2v) is 4.62. The summed E-state index contributed by atoms with van der Waals surface area (Å²) >= 11 is 0. The third-order valence-electron chi connectivity index (χ3n) is 3.21. The van der Waals surface area contributed by atoms with Gasteiger partial charge in [0.05, 0.1) is 12.7 Å². The van der Waals surface area contributed by atoms with E-state index in [1.165, 1.54) is 4.90 Å². The van der Waals surface area contributed by atoms with E-state index in [2.05, 4.69) is 5.32 Å². The van der Waals surface area contributed by atoms with Crippen LogP contribution in [-0.2, 0) is 9.53 Å². The van der Waals surface area contributed by atoms with Crippen LogP contribution in [0.1, 0.15) is 26.2 Å². The largest absolute Gasteiger partial charge is 0.464 e. The Balaban J connectivity index is 1.88. The Kier molecular flexibility index (Phi) is 3.24. The lowest BCUT2D eigenvalue weighted by Gasteiger charge is -2.21. The molecule has 0 unspecified atom stereocenters. The monoisotopic (exact) mass is 242 g/mol. The number of aliphatic hydroxyl groups is 1. The fraction of sp³-hybridized carbons (Fsp3) is 0.818. The number of ether oxygens (including phenoxy) is 1. The number of nitrogens with zero attached hydrogens (tertiary/aromatic N) is 1. The van der Waals surface area contributed by atoms with Crippen LogP contribution in [0.3, 0.4) is 0 Å². The number of rotatable bonds is 3. The molecule has 1 saturated heterocycles. The second-order valence-electron chi connectivity index (χ2n) is 4.62. The molecule has 1 atom stereocenters. The molecule has 2 N–H and O–H groups in total. The lowest BCUT2D eigenvalue weighted by Crippen LogP contribution is -2.49. The van der Waals surface area contributed by atoms with Crippen molar-refractivity contribution in [1.82, 2.24) is 10.2 Å². The van der Waals surface area contributed by atoms with Crippen molar-refractivity contribution >= 4 is 12.0 Å². The average molecular weight is 242 g/mol. The van der Waals surface area contributed by atoms with Crippen molar-refractivity contribution in [2.24, 2.45) is 0 Å². The SMILES string of the molecule is CCOC(=O)C1(NC(=O)N2CC[C@@H](O)C2)CC1. The first-order chi connectivity index (χ1) is 8.07. The van der Waals surface area contributed by atoms with Crippen LogP contribution in [0.5, 0.6) is 0 Å². The number of likely N-dealkylation sites (tertiary alicyclic amines) is 1. The van der Waals surface area contributed by atoms with E-state index in [0.717, 1.165) is 0 Å². The maximum Gasteiger partial charge on any atom is 0.331 e. The number of nitrogens with one attached hydrogen (secondary N) is 1. The minimum absolute atomic E-state index is 0.285. The number of carbonyl (C=O) groups excluding carboxylic acids is 2. The Morgan fingerprint density at radius 2 is 2.24 bits per heavy atom. The van der Waals surface area contributed by atoms with Crippen molar-refractivity contribution in [3.05, 3.63) is 0 Å². The number of hydrogen-bond acceptors (Lipinski definition) is 4. The van der Waals surface area contributed by atoms with Crippen LogP contribution in [0.2, 0.25) is 0 Å². The van der Waals surface area contributed by atoms with Crippen LogP contribution in [-0.4, -0.2) is 53.3 Å². The van der Waals surface area contributed by atoms with Crippen molar-refractivity contribution in [3.8, 4) is 0 Å². The van der Waals surface area contributed by atoms with E-state index in [1.807, 2.05) is 0 Å². The molecule has 1 aliphatic carbocycles. The molecule has 0 aromatic rings. The van der Waals surface area contributed by atoms with E-state index in [1.54, 1.807) is 6.92 Å². The molecule has 0 radical (unpaired) electrons. The van der Waals surface area contributed by atoms with Crippen molar-refractivity contribution in [3.63, 3.8) is 0 Å². The van der Waals surface area contributed by atoms with E-state index in [9.17, 15) is 14.7 Å². The van der Waals surface area contributed by atoms with Gasteiger partial charge in [0.15, 0.2) is 0 Å². The Morgan fingerprint density at radius 3 is 2.71 bits per heavy atom. The van der Waals surface area contributed by atoms with Gasteiger partial charge in [0.1, 0.15) is 5.54 Å². The van der Waals surface area contributed by atoms with Gasteiger partial charge in [0, 0.05) is 13.1 Å². The molecule has 6 nitrogen and oxygen atoms in total. The van der Waals surface area contributed by atoms with Gasteiger partial charge in [-0.25, -0.2) is 9.59 Å². The van der Waals surface area contributed by atoms with Crippen molar-refractivity contribution in [2.45, 2.75) is 37.8 Å². The van der Waals surface area contributed by atoms with Gasteiger partial charge < -0.3 is 20.1 Å². The quantitative estimate of drug-likeness (QED) is 0.675. The number of aliphatic hydroxyl groups excluding tert-OH is 1. The minimum Gasteiger partial charge on any atom is -0.464 e. The molecule has 2 amide bonds. The Bertz CT molecular complexity index is 327. The lowest BCUT2D eigenvalue weighted by atomic mass is 10.3. The smallest absolute Gasteiger partial charge is 0.331 e. The Hall–Kier alpha value is -1.30. The molecule has 1 saturated carbocycles. The van der Waals surface area contributed by atoms with E-state index in [0.29, 0.717) is 39.0 Å². The zero-order valence-electron chi connectivity index (χ0n) is 9.94. The van der Waals surface area contributed by atoms with E-state index in [-0.39, 0.29) is 12.0 Å².